The van der Waals surface area contributed by atoms with Crippen LogP contribution in [0.4, 0.5) is 13.2 Å². The van der Waals surface area contributed by atoms with E-state index in [-0.39, 0.29) is 11.1 Å². The Labute approximate surface area is 186 Å². The van der Waals surface area contributed by atoms with Crippen LogP contribution in [0.15, 0.2) is 23.1 Å². The summed E-state index contributed by atoms with van der Waals surface area (Å²) in [5.41, 5.74) is -2.69. The van der Waals surface area contributed by atoms with Crippen molar-refractivity contribution >= 4 is 11.8 Å². The van der Waals surface area contributed by atoms with Crippen LogP contribution in [-0.4, -0.2) is 38.5 Å². The van der Waals surface area contributed by atoms with Crippen molar-refractivity contribution in [2.45, 2.75) is 51.2 Å². The zero-order chi connectivity index (χ0) is 23.7. The Balaban J connectivity index is 1.47. The monoisotopic (exact) mass is 461 g/mol. The smallest absolute Gasteiger partial charge is 0.275 e. The van der Waals surface area contributed by atoms with E-state index in [1.807, 2.05) is 0 Å². The lowest BCUT2D eigenvalue weighted by atomic mass is 9.71. The summed E-state index contributed by atoms with van der Waals surface area (Å²) >= 11 is 0. The summed E-state index contributed by atoms with van der Waals surface area (Å²) in [5, 5.41) is 12.8. The summed E-state index contributed by atoms with van der Waals surface area (Å²) in [6.07, 6.45) is 4.73. The molecule has 7 nitrogen and oxygen atoms in total. The molecule has 5 rings (SSSR count). The molecular weight excluding hydrogens is 439 g/mol. The lowest BCUT2D eigenvalue weighted by Gasteiger charge is -2.45. The van der Waals surface area contributed by atoms with E-state index < -0.39 is 63.7 Å². The zero-order valence-electron chi connectivity index (χ0n) is 17.9. The average Bonchev–Trinajstić information content (AvgIpc) is 2.94. The number of hydrogen-bond acceptors (Lipinski definition) is 4. The number of aromatic hydroxyl groups is 1. The van der Waals surface area contributed by atoms with Crippen molar-refractivity contribution in [2.24, 2.45) is 5.41 Å². The van der Waals surface area contributed by atoms with Gasteiger partial charge in [-0.15, -0.1) is 0 Å². The maximum absolute atomic E-state index is 13.9. The predicted octanol–water partition coefficient (Wildman–Crippen LogP) is 2.69. The van der Waals surface area contributed by atoms with E-state index >= 15 is 0 Å². The molecule has 33 heavy (non-hydrogen) atoms. The van der Waals surface area contributed by atoms with Crippen molar-refractivity contribution < 1.29 is 27.9 Å². The summed E-state index contributed by atoms with van der Waals surface area (Å²) in [6.45, 7) is 2.38. The van der Waals surface area contributed by atoms with Crippen molar-refractivity contribution in [3.8, 4) is 5.75 Å². The van der Waals surface area contributed by atoms with Gasteiger partial charge in [0.25, 0.3) is 11.8 Å². The summed E-state index contributed by atoms with van der Waals surface area (Å²) in [6, 6.07) is 0.973. The third-order valence-electron chi connectivity index (χ3n) is 7.24. The van der Waals surface area contributed by atoms with E-state index in [2.05, 4.69) is 12.2 Å². The highest BCUT2D eigenvalue weighted by Crippen LogP contribution is 2.54. The van der Waals surface area contributed by atoms with Gasteiger partial charge in [0, 0.05) is 43.5 Å². The van der Waals surface area contributed by atoms with E-state index in [1.165, 1.54) is 10.8 Å². The fourth-order valence-corrected chi connectivity index (χ4v) is 5.85. The summed E-state index contributed by atoms with van der Waals surface area (Å²) in [7, 11) is 0. The molecule has 174 valence electrons. The minimum atomic E-state index is -1.18. The average molecular weight is 461 g/mol. The first-order valence-electron chi connectivity index (χ1n) is 10.7. The molecule has 3 aliphatic rings. The van der Waals surface area contributed by atoms with Crippen LogP contribution in [-0.2, 0) is 13.1 Å². The third kappa shape index (κ3) is 3.22. The van der Waals surface area contributed by atoms with Crippen molar-refractivity contribution in [3.05, 3.63) is 62.8 Å². The Morgan fingerprint density at radius 3 is 2.55 bits per heavy atom. The molecule has 2 atom stereocenters. The van der Waals surface area contributed by atoms with Gasteiger partial charge < -0.3 is 19.9 Å². The fourth-order valence-electron chi connectivity index (χ4n) is 5.85. The molecule has 0 unspecified atom stereocenters. The molecule has 1 aliphatic carbocycles. The van der Waals surface area contributed by atoms with Crippen LogP contribution in [0.2, 0.25) is 0 Å². The molecule has 2 fully saturated rings. The van der Waals surface area contributed by atoms with Gasteiger partial charge in [0.1, 0.15) is 23.0 Å². The predicted molar refractivity (Wildman–Crippen MR) is 110 cm³/mol. The number of pyridine rings is 1. The van der Waals surface area contributed by atoms with Crippen LogP contribution in [0, 0.1) is 22.9 Å². The van der Waals surface area contributed by atoms with E-state index in [4.69, 9.17) is 0 Å². The Morgan fingerprint density at radius 2 is 1.85 bits per heavy atom. The topological polar surface area (TPSA) is 91.6 Å². The van der Waals surface area contributed by atoms with Crippen LogP contribution in [0.1, 0.15) is 59.0 Å². The van der Waals surface area contributed by atoms with Crippen LogP contribution in [0.25, 0.3) is 0 Å². The second kappa shape index (κ2) is 7.10. The van der Waals surface area contributed by atoms with Gasteiger partial charge in [0.2, 0.25) is 5.43 Å². The number of fused-ring (bicyclic) bond motifs is 2. The van der Waals surface area contributed by atoms with E-state index in [1.54, 1.807) is 4.90 Å². The number of carbonyl (C=O) groups is 2. The first-order chi connectivity index (χ1) is 15.5. The molecule has 1 spiro atoms. The second-order valence-electron chi connectivity index (χ2n) is 9.68. The first-order valence-corrected chi connectivity index (χ1v) is 10.7. The quantitative estimate of drug-likeness (QED) is 0.736. The fraction of sp³-hybridized carbons (Fsp3) is 0.435. The van der Waals surface area contributed by atoms with Gasteiger partial charge in [-0.05, 0) is 24.7 Å². The molecule has 2 N–H and O–H groups in total. The SMILES string of the molecule is C[C@]12CCC[C@]3(Cn4cc(C(=O)NCc5c(F)cc(F)cc5F)c(=O)c(O)c4C(=O)N3C1)C2. The van der Waals surface area contributed by atoms with Crippen LogP contribution in [0.3, 0.4) is 0 Å². The lowest BCUT2D eigenvalue weighted by Crippen LogP contribution is -2.55. The van der Waals surface area contributed by atoms with Crippen molar-refractivity contribution in [1.82, 2.24) is 14.8 Å². The Hall–Kier alpha value is -3.30. The molecule has 1 saturated carbocycles. The van der Waals surface area contributed by atoms with E-state index in [9.17, 15) is 32.7 Å². The molecule has 3 heterocycles. The number of nitrogens with one attached hydrogen (secondary N) is 1. The van der Waals surface area contributed by atoms with E-state index in [0.29, 0.717) is 25.2 Å². The summed E-state index contributed by atoms with van der Waals surface area (Å²) < 4.78 is 42.3. The van der Waals surface area contributed by atoms with Crippen LogP contribution in [0.5, 0.6) is 5.75 Å². The van der Waals surface area contributed by atoms with Crippen LogP contribution >= 0.6 is 0 Å². The molecule has 2 aromatic rings. The van der Waals surface area contributed by atoms with Gasteiger partial charge in [-0.25, -0.2) is 13.2 Å². The molecule has 1 aromatic heterocycles. The Bertz CT molecular complexity index is 1250. The molecular formula is C23H22F3N3O4. The number of nitrogens with zero attached hydrogens (tertiary/aromatic N) is 2. The maximum Gasteiger partial charge on any atom is 0.275 e. The first kappa shape index (κ1) is 21.5. The molecule has 10 heteroatoms. The van der Waals surface area contributed by atoms with Crippen LogP contribution < -0.4 is 10.7 Å². The highest BCUT2D eigenvalue weighted by atomic mass is 19.1. The standard InChI is InChI=1S/C23H22F3N3O4/c1-22-3-2-4-23(9-22)11-28-8-14(18(30)19(31)17(28)21(33)29(23)10-22)20(32)27-7-13-15(25)5-12(24)6-16(13)26/h5-6,8,31H,2-4,7,9-11H2,1H3,(H,27,32)/t22-,23-/m1/s1. The third-order valence-corrected chi connectivity index (χ3v) is 7.24. The minimum Gasteiger partial charge on any atom is -0.503 e. The Morgan fingerprint density at radius 1 is 1.15 bits per heavy atom. The van der Waals surface area contributed by atoms with Crippen molar-refractivity contribution in [1.29, 1.82) is 0 Å². The molecule has 2 amide bonds. The van der Waals surface area contributed by atoms with Gasteiger partial charge >= 0.3 is 0 Å². The number of benzene rings is 1. The number of halogens is 3. The van der Waals surface area contributed by atoms with Gasteiger partial charge in [-0.3, -0.25) is 14.4 Å². The number of hydrogen-bond donors (Lipinski definition) is 2. The number of aromatic nitrogens is 1. The number of rotatable bonds is 3. The minimum absolute atomic E-state index is 0.0318. The van der Waals surface area contributed by atoms with Gasteiger partial charge in [-0.2, -0.15) is 0 Å². The number of amides is 2. The molecule has 0 radical (unpaired) electrons. The zero-order valence-corrected chi connectivity index (χ0v) is 17.9. The van der Waals surface area contributed by atoms with Gasteiger partial charge in [-0.1, -0.05) is 13.3 Å². The summed E-state index contributed by atoms with van der Waals surface area (Å²) in [5.74, 6) is -5.69. The second-order valence-corrected chi connectivity index (χ2v) is 9.68. The molecule has 2 bridgehead atoms. The van der Waals surface area contributed by atoms with E-state index in [0.717, 1.165) is 25.7 Å². The van der Waals surface area contributed by atoms with Crippen molar-refractivity contribution in [2.75, 3.05) is 6.54 Å². The van der Waals surface area contributed by atoms with Gasteiger partial charge in [0.05, 0.1) is 5.54 Å². The lowest BCUT2D eigenvalue weighted by molar-refractivity contribution is 0.0416. The van der Waals surface area contributed by atoms with Crippen molar-refractivity contribution in [3.63, 3.8) is 0 Å². The highest BCUT2D eigenvalue weighted by molar-refractivity contribution is 5.99. The molecule has 1 saturated heterocycles. The molecule has 1 aromatic carbocycles. The van der Waals surface area contributed by atoms with Gasteiger partial charge in [0.15, 0.2) is 11.4 Å². The largest absolute Gasteiger partial charge is 0.503 e. The molecule has 2 aliphatic heterocycles. The normalized spacial score (nSPS) is 25.6. The highest BCUT2D eigenvalue weighted by Gasteiger charge is 2.58. The maximum atomic E-state index is 13.9. The Kier molecular flexibility index (Phi) is 4.63. The summed E-state index contributed by atoms with van der Waals surface area (Å²) in [4.78, 5) is 40.4. The number of carbonyl (C=O) groups excluding carboxylic acids is 2.